The lowest BCUT2D eigenvalue weighted by atomic mass is 9.87. The summed E-state index contributed by atoms with van der Waals surface area (Å²) >= 11 is 0. The van der Waals surface area contributed by atoms with Gasteiger partial charge in [0.25, 0.3) is 0 Å². The summed E-state index contributed by atoms with van der Waals surface area (Å²) in [5, 5.41) is 1.09. The number of aromatic nitrogens is 1. The van der Waals surface area contributed by atoms with Crippen molar-refractivity contribution in [3.8, 4) is 0 Å². The van der Waals surface area contributed by atoms with Gasteiger partial charge in [-0.2, -0.15) is 0 Å². The number of nitrogens with one attached hydrogen (secondary N) is 1. The molecule has 1 atom stereocenters. The number of Topliss-reactive ketones (excluding diaryl/α,β-unsaturated/α-hetero) is 1. The first-order chi connectivity index (χ1) is 7.27. The highest BCUT2D eigenvalue weighted by molar-refractivity contribution is 6.10. The zero-order chi connectivity index (χ0) is 10.4. The molecule has 84 valence electrons. The van der Waals surface area contributed by atoms with Crippen LogP contribution in [0, 0.1) is 0 Å². The van der Waals surface area contributed by atoms with E-state index in [1.165, 1.54) is 0 Å². The van der Waals surface area contributed by atoms with Crippen LogP contribution >= 0.6 is 12.4 Å². The van der Waals surface area contributed by atoms with Gasteiger partial charge >= 0.3 is 0 Å². The van der Waals surface area contributed by atoms with Crippen LogP contribution in [-0.4, -0.2) is 10.8 Å². The Morgan fingerprint density at radius 2 is 2.06 bits per heavy atom. The number of halogens is 1. The van der Waals surface area contributed by atoms with Gasteiger partial charge in [-0.25, -0.2) is 0 Å². The average Bonchev–Trinajstić information content (AvgIpc) is 2.64. The minimum Gasteiger partial charge on any atom is -0.358 e. The molecular weight excluding hydrogens is 222 g/mol. The highest BCUT2D eigenvalue weighted by atomic mass is 35.5. The van der Waals surface area contributed by atoms with Crippen molar-refractivity contribution in [3.63, 3.8) is 0 Å². The molecule has 1 aliphatic carbocycles. The van der Waals surface area contributed by atoms with E-state index in [0.29, 0.717) is 18.1 Å². The summed E-state index contributed by atoms with van der Waals surface area (Å²) < 4.78 is 0. The number of hydrogen-bond acceptors (Lipinski definition) is 1. The van der Waals surface area contributed by atoms with Crippen molar-refractivity contribution in [2.45, 2.75) is 25.7 Å². The fraction of sp³-hybridized carbons (Fsp3) is 0.308. The number of aromatic amines is 1. The van der Waals surface area contributed by atoms with Crippen LogP contribution in [0.3, 0.4) is 0 Å². The number of carbonyl (C=O) groups is 1. The number of rotatable bonds is 0. The highest BCUT2D eigenvalue weighted by Crippen LogP contribution is 2.35. The molecule has 16 heavy (non-hydrogen) atoms. The van der Waals surface area contributed by atoms with Gasteiger partial charge in [0.2, 0.25) is 0 Å². The molecule has 0 spiro atoms. The first-order valence-electron chi connectivity index (χ1n) is 5.41. The Morgan fingerprint density at radius 3 is 2.88 bits per heavy atom. The van der Waals surface area contributed by atoms with Gasteiger partial charge in [0, 0.05) is 28.6 Å². The molecule has 0 saturated heterocycles. The number of hydrogen-bond donors (Lipinski definition) is 1. The molecule has 0 bridgehead atoms. The van der Waals surface area contributed by atoms with E-state index in [-0.39, 0.29) is 12.4 Å². The maximum atomic E-state index is 11.9. The lowest BCUT2D eigenvalue weighted by Gasteiger charge is -2.17. The standard InChI is InChI=1S/C13H13NO.ClH/c1-8-6-7-11(15)12-9-4-2-3-5-10(9)14-13(8)12;/h2-5,8,14H,6-7H2,1H3;1H. The summed E-state index contributed by atoms with van der Waals surface area (Å²) in [6.45, 7) is 2.18. The molecule has 1 N–H and O–H groups in total. The first kappa shape index (κ1) is 11.2. The van der Waals surface area contributed by atoms with Crippen LogP contribution < -0.4 is 0 Å². The monoisotopic (exact) mass is 235 g/mol. The van der Waals surface area contributed by atoms with Crippen molar-refractivity contribution in [1.82, 2.24) is 4.98 Å². The van der Waals surface area contributed by atoms with Gasteiger partial charge < -0.3 is 4.98 Å². The molecule has 2 aromatic rings. The molecule has 0 radical (unpaired) electrons. The van der Waals surface area contributed by atoms with Crippen LogP contribution in [0.25, 0.3) is 10.9 Å². The maximum Gasteiger partial charge on any atom is 0.165 e. The fourth-order valence-electron chi connectivity index (χ4n) is 2.45. The molecule has 1 aromatic heterocycles. The number of para-hydroxylation sites is 1. The second kappa shape index (κ2) is 3.95. The number of carbonyl (C=O) groups excluding carboxylic acids is 1. The molecule has 1 aromatic carbocycles. The minimum absolute atomic E-state index is 0. The van der Waals surface area contributed by atoms with E-state index in [1.54, 1.807) is 0 Å². The van der Waals surface area contributed by atoms with Gasteiger partial charge in [-0.3, -0.25) is 4.79 Å². The Hall–Kier alpha value is -1.28. The number of H-pyrrole nitrogens is 1. The van der Waals surface area contributed by atoms with Crippen molar-refractivity contribution in [2.75, 3.05) is 0 Å². The Bertz CT molecular complexity index is 544. The zero-order valence-corrected chi connectivity index (χ0v) is 9.93. The van der Waals surface area contributed by atoms with Crippen molar-refractivity contribution in [1.29, 1.82) is 0 Å². The number of benzene rings is 1. The van der Waals surface area contributed by atoms with Crippen LogP contribution in [0.2, 0.25) is 0 Å². The Kier molecular flexibility index (Phi) is 2.76. The second-order valence-corrected chi connectivity index (χ2v) is 4.32. The van der Waals surface area contributed by atoms with Gasteiger partial charge in [0.15, 0.2) is 5.78 Å². The Morgan fingerprint density at radius 1 is 1.31 bits per heavy atom. The quantitative estimate of drug-likeness (QED) is 0.743. The van der Waals surface area contributed by atoms with Gasteiger partial charge in [-0.15, -0.1) is 12.4 Å². The zero-order valence-electron chi connectivity index (χ0n) is 9.12. The molecule has 0 fully saturated rings. The van der Waals surface area contributed by atoms with Crippen LogP contribution in [0.15, 0.2) is 24.3 Å². The fourth-order valence-corrected chi connectivity index (χ4v) is 2.45. The molecule has 0 saturated carbocycles. The first-order valence-corrected chi connectivity index (χ1v) is 5.41. The highest BCUT2D eigenvalue weighted by Gasteiger charge is 2.26. The second-order valence-electron chi connectivity index (χ2n) is 4.32. The van der Waals surface area contributed by atoms with Gasteiger partial charge in [0.05, 0.1) is 0 Å². The third-order valence-corrected chi connectivity index (χ3v) is 3.31. The van der Waals surface area contributed by atoms with E-state index >= 15 is 0 Å². The van der Waals surface area contributed by atoms with E-state index < -0.39 is 0 Å². The molecule has 1 unspecified atom stereocenters. The van der Waals surface area contributed by atoms with E-state index in [4.69, 9.17) is 0 Å². The molecule has 3 heteroatoms. The van der Waals surface area contributed by atoms with Crippen molar-refractivity contribution >= 4 is 29.1 Å². The molecular formula is C13H14ClNO. The summed E-state index contributed by atoms with van der Waals surface area (Å²) in [5.41, 5.74) is 3.15. The maximum absolute atomic E-state index is 11.9. The lowest BCUT2D eigenvalue weighted by molar-refractivity contribution is 0.0969. The Balaban J connectivity index is 0.000000963. The topological polar surface area (TPSA) is 32.9 Å². The molecule has 3 rings (SSSR count). The van der Waals surface area contributed by atoms with Crippen molar-refractivity contribution in [3.05, 3.63) is 35.5 Å². The van der Waals surface area contributed by atoms with E-state index in [9.17, 15) is 4.79 Å². The van der Waals surface area contributed by atoms with Crippen LogP contribution in [-0.2, 0) is 0 Å². The van der Waals surface area contributed by atoms with E-state index in [0.717, 1.165) is 28.6 Å². The van der Waals surface area contributed by atoms with Crippen LogP contribution in [0.1, 0.15) is 41.7 Å². The third kappa shape index (κ3) is 1.45. The predicted molar refractivity (Wildman–Crippen MR) is 67.5 cm³/mol. The van der Waals surface area contributed by atoms with Crippen LogP contribution in [0.4, 0.5) is 0 Å². The summed E-state index contributed by atoms with van der Waals surface area (Å²) in [4.78, 5) is 15.3. The summed E-state index contributed by atoms with van der Waals surface area (Å²) in [6.07, 6.45) is 1.66. The SMILES string of the molecule is CC1CCC(=O)c2c1[nH]c1ccccc21.Cl. The normalized spacial score (nSPS) is 19.3. The summed E-state index contributed by atoms with van der Waals surface area (Å²) in [7, 11) is 0. The summed E-state index contributed by atoms with van der Waals surface area (Å²) in [6, 6.07) is 8.05. The third-order valence-electron chi connectivity index (χ3n) is 3.31. The van der Waals surface area contributed by atoms with E-state index in [2.05, 4.69) is 11.9 Å². The number of ketones is 1. The molecule has 1 heterocycles. The molecule has 0 aliphatic heterocycles. The van der Waals surface area contributed by atoms with Crippen molar-refractivity contribution < 1.29 is 4.79 Å². The van der Waals surface area contributed by atoms with Gasteiger partial charge in [-0.1, -0.05) is 25.1 Å². The largest absolute Gasteiger partial charge is 0.358 e. The minimum atomic E-state index is 0. The summed E-state index contributed by atoms with van der Waals surface area (Å²) in [5.74, 6) is 0.769. The van der Waals surface area contributed by atoms with Gasteiger partial charge in [0.1, 0.15) is 0 Å². The molecule has 0 amide bonds. The van der Waals surface area contributed by atoms with Crippen LogP contribution in [0.5, 0.6) is 0 Å². The average molecular weight is 236 g/mol. The molecule has 1 aliphatic rings. The Labute approximate surface area is 100 Å². The van der Waals surface area contributed by atoms with Gasteiger partial charge in [-0.05, 0) is 18.4 Å². The lowest BCUT2D eigenvalue weighted by Crippen LogP contribution is -2.12. The van der Waals surface area contributed by atoms with Crippen molar-refractivity contribution in [2.24, 2.45) is 0 Å². The van der Waals surface area contributed by atoms with E-state index in [1.807, 2.05) is 24.3 Å². The molecule has 2 nitrogen and oxygen atoms in total. The number of fused-ring (bicyclic) bond motifs is 3. The smallest absolute Gasteiger partial charge is 0.165 e. The predicted octanol–water partition coefficient (Wildman–Crippen LogP) is 3.67.